The van der Waals surface area contributed by atoms with Gasteiger partial charge in [-0.2, -0.15) is 0 Å². The van der Waals surface area contributed by atoms with Crippen LogP contribution in [0.3, 0.4) is 0 Å². The van der Waals surface area contributed by atoms with E-state index >= 15 is 0 Å². The smallest absolute Gasteiger partial charge is 0.342 e. The molecule has 1 aromatic carbocycles. The minimum atomic E-state index is -0.438. The van der Waals surface area contributed by atoms with E-state index in [1.54, 1.807) is 6.92 Å². The van der Waals surface area contributed by atoms with E-state index in [4.69, 9.17) is 10.2 Å². The molecule has 0 saturated heterocycles. The van der Waals surface area contributed by atoms with Crippen molar-refractivity contribution in [3.63, 3.8) is 0 Å². The van der Waals surface area contributed by atoms with Crippen molar-refractivity contribution in [3.05, 3.63) is 81.4 Å². The number of anilines is 1. The van der Waals surface area contributed by atoms with Crippen LogP contribution in [0.15, 0.2) is 57.8 Å². The van der Waals surface area contributed by atoms with Crippen LogP contribution < -0.4 is 11.4 Å². The average Bonchev–Trinajstić information content (AvgIpc) is 3.51. The van der Waals surface area contributed by atoms with Gasteiger partial charge in [0.15, 0.2) is 0 Å². The summed E-state index contributed by atoms with van der Waals surface area (Å²) in [6, 6.07) is 7.92. The monoisotopic (exact) mass is 391 g/mol. The van der Waals surface area contributed by atoms with Gasteiger partial charge in [0.2, 0.25) is 0 Å². The number of benzene rings is 1. The topological polar surface area (TPSA) is 76.5 Å². The van der Waals surface area contributed by atoms with Crippen molar-refractivity contribution < 1.29 is 9.52 Å². The number of nitrogen functional groups attached to an aromatic ring is 1. The van der Waals surface area contributed by atoms with Gasteiger partial charge in [-0.25, -0.2) is 4.79 Å². The van der Waals surface area contributed by atoms with Crippen molar-refractivity contribution in [2.75, 3.05) is 5.73 Å². The molecule has 2 aliphatic carbocycles. The maximum absolute atomic E-state index is 12.3. The zero-order chi connectivity index (χ0) is 20.6. The van der Waals surface area contributed by atoms with Crippen LogP contribution in [0.5, 0.6) is 5.75 Å². The highest BCUT2D eigenvalue weighted by Gasteiger charge is 2.44. The molecule has 0 spiro atoms. The minimum Gasteiger partial charge on any atom is -0.507 e. The molecule has 2 aliphatic rings. The van der Waals surface area contributed by atoms with Gasteiger partial charge in [0.25, 0.3) is 0 Å². The molecule has 29 heavy (non-hydrogen) atoms. The van der Waals surface area contributed by atoms with Crippen molar-refractivity contribution in [2.24, 2.45) is 5.41 Å². The summed E-state index contributed by atoms with van der Waals surface area (Å²) in [5, 5.41) is 10.8. The van der Waals surface area contributed by atoms with E-state index in [2.05, 4.69) is 37.3 Å². The zero-order valence-electron chi connectivity index (χ0n) is 17.2. The maximum atomic E-state index is 12.3. The first-order valence-electron chi connectivity index (χ1n) is 10.5. The lowest BCUT2D eigenvalue weighted by Gasteiger charge is -2.30. The number of aromatic hydroxyl groups is 1. The number of rotatable bonds is 6. The van der Waals surface area contributed by atoms with Crippen LogP contribution in [0.25, 0.3) is 0 Å². The maximum Gasteiger partial charge on any atom is 0.342 e. The van der Waals surface area contributed by atoms with Gasteiger partial charge in [0.05, 0.1) is 5.56 Å². The van der Waals surface area contributed by atoms with Gasteiger partial charge < -0.3 is 15.3 Å². The highest BCUT2D eigenvalue weighted by Crippen LogP contribution is 2.58. The highest BCUT2D eigenvalue weighted by molar-refractivity contribution is 5.50. The Hall–Kier alpha value is -2.75. The lowest BCUT2D eigenvalue weighted by Crippen LogP contribution is -2.19. The second-order valence-electron chi connectivity index (χ2n) is 8.53. The summed E-state index contributed by atoms with van der Waals surface area (Å²) < 4.78 is 5.73. The Morgan fingerprint density at radius 1 is 1.28 bits per heavy atom. The molecule has 4 rings (SSSR count). The van der Waals surface area contributed by atoms with E-state index in [0.717, 1.165) is 36.9 Å². The van der Waals surface area contributed by atoms with Gasteiger partial charge >= 0.3 is 5.63 Å². The van der Waals surface area contributed by atoms with Gasteiger partial charge in [0.1, 0.15) is 11.5 Å². The summed E-state index contributed by atoms with van der Waals surface area (Å²) in [5.74, 6) is 1.21. The second kappa shape index (κ2) is 7.58. The summed E-state index contributed by atoms with van der Waals surface area (Å²) in [4.78, 5) is 12.3. The van der Waals surface area contributed by atoms with Gasteiger partial charge in [0, 0.05) is 17.7 Å². The molecule has 3 atom stereocenters. The molecule has 4 nitrogen and oxygen atoms in total. The van der Waals surface area contributed by atoms with Gasteiger partial charge in [-0.1, -0.05) is 43.4 Å². The molecule has 152 valence electrons. The SMILES string of the molecule is CCC1(CCc2oc(=O)c(C)c(O)c2C2CC2c2cccc(N)c2)C=CC=CC1. The number of allylic oxidation sites excluding steroid dienone is 4. The molecule has 3 unspecified atom stereocenters. The van der Waals surface area contributed by atoms with Crippen LogP contribution in [-0.4, -0.2) is 5.11 Å². The lowest BCUT2D eigenvalue weighted by atomic mass is 9.75. The third-order valence-electron chi connectivity index (χ3n) is 6.71. The Morgan fingerprint density at radius 2 is 2.10 bits per heavy atom. The van der Waals surface area contributed by atoms with Gasteiger partial charge in [-0.15, -0.1) is 0 Å². The second-order valence-corrected chi connectivity index (χ2v) is 8.53. The molecule has 0 bridgehead atoms. The third-order valence-corrected chi connectivity index (χ3v) is 6.71. The summed E-state index contributed by atoms with van der Waals surface area (Å²) >= 11 is 0. The molecule has 0 amide bonds. The normalized spacial score (nSPS) is 25.3. The molecule has 0 aliphatic heterocycles. The predicted molar refractivity (Wildman–Crippen MR) is 116 cm³/mol. The Bertz CT molecular complexity index is 1030. The first-order valence-corrected chi connectivity index (χ1v) is 10.5. The number of aryl methyl sites for hydroxylation is 1. The number of nitrogens with two attached hydrogens (primary N) is 1. The molecule has 1 fully saturated rings. The zero-order valence-corrected chi connectivity index (χ0v) is 17.2. The average molecular weight is 392 g/mol. The summed E-state index contributed by atoms with van der Waals surface area (Å²) in [6.45, 7) is 3.83. The van der Waals surface area contributed by atoms with Crippen LogP contribution in [0.1, 0.15) is 66.9 Å². The fraction of sp³-hybridized carbons (Fsp3) is 0.400. The molecule has 4 heteroatoms. The molecule has 3 N–H and O–H groups in total. The van der Waals surface area contributed by atoms with Crippen LogP contribution in [0.4, 0.5) is 5.69 Å². The summed E-state index contributed by atoms with van der Waals surface area (Å²) in [5.41, 5.74) is 8.63. The van der Waals surface area contributed by atoms with E-state index in [1.807, 2.05) is 18.2 Å². The Morgan fingerprint density at radius 3 is 2.79 bits per heavy atom. The van der Waals surface area contributed by atoms with Crippen LogP contribution >= 0.6 is 0 Å². The molecule has 1 aromatic heterocycles. The van der Waals surface area contributed by atoms with Crippen LogP contribution in [0, 0.1) is 12.3 Å². The molecular formula is C25H29NO3. The quantitative estimate of drug-likeness (QED) is 0.651. The summed E-state index contributed by atoms with van der Waals surface area (Å²) in [6.07, 6.45) is 13.1. The van der Waals surface area contributed by atoms with E-state index in [1.165, 1.54) is 5.56 Å². The van der Waals surface area contributed by atoms with Crippen LogP contribution in [-0.2, 0) is 6.42 Å². The van der Waals surface area contributed by atoms with Crippen molar-refractivity contribution in [1.82, 2.24) is 0 Å². The Kier molecular flexibility index (Phi) is 5.12. The molecule has 2 aromatic rings. The lowest BCUT2D eigenvalue weighted by molar-refractivity contribution is 0.316. The fourth-order valence-electron chi connectivity index (χ4n) is 4.61. The van der Waals surface area contributed by atoms with Gasteiger partial charge in [-0.05, 0) is 67.6 Å². The molecule has 0 radical (unpaired) electrons. The largest absolute Gasteiger partial charge is 0.507 e. The number of hydrogen-bond acceptors (Lipinski definition) is 4. The van der Waals surface area contributed by atoms with E-state index in [9.17, 15) is 9.90 Å². The predicted octanol–water partition coefficient (Wildman–Crippen LogP) is 5.35. The summed E-state index contributed by atoms with van der Waals surface area (Å²) in [7, 11) is 0. The molecule has 1 heterocycles. The van der Waals surface area contributed by atoms with E-state index in [-0.39, 0.29) is 17.1 Å². The first-order chi connectivity index (χ1) is 13.9. The number of hydrogen-bond donors (Lipinski definition) is 2. The molecular weight excluding hydrogens is 362 g/mol. The van der Waals surface area contributed by atoms with E-state index in [0.29, 0.717) is 23.7 Å². The Balaban J connectivity index is 1.64. The standard InChI is InChI=1S/C25H29NO3/c1-3-25(11-5-4-6-12-25)13-10-21-22(23(27)16(2)24(28)29-21)20-15-19(20)17-8-7-9-18(26)14-17/h4-9,11,14,19-20,27H,3,10,12-13,15,26H2,1-2H3. The van der Waals surface area contributed by atoms with Crippen LogP contribution in [0.2, 0.25) is 0 Å². The Labute approximate surface area is 171 Å². The fourth-order valence-corrected chi connectivity index (χ4v) is 4.61. The van der Waals surface area contributed by atoms with Crippen molar-refractivity contribution in [3.8, 4) is 5.75 Å². The van der Waals surface area contributed by atoms with Crippen molar-refractivity contribution >= 4 is 5.69 Å². The van der Waals surface area contributed by atoms with Gasteiger partial charge in [-0.3, -0.25) is 0 Å². The first kappa shape index (κ1) is 19.6. The minimum absolute atomic E-state index is 0.0852. The van der Waals surface area contributed by atoms with E-state index < -0.39 is 5.63 Å². The highest BCUT2D eigenvalue weighted by atomic mass is 16.4. The third kappa shape index (κ3) is 3.76. The van der Waals surface area contributed by atoms with Crippen molar-refractivity contribution in [2.45, 2.75) is 57.8 Å². The van der Waals surface area contributed by atoms with Crippen molar-refractivity contribution in [1.29, 1.82) is 0 Å². The molecule has 1 saturated carbocycles.